The molecule has 100 valence electrons. The van der Waals surface area contributed by atoms with Crippen molar-refractivity contribution in [3.05, 3.63) is 0 Å². The lowest BCUT2D eigenvalue weighted by atomic mass is 10.0. The van der Waals surface area contributed by atoms with E-state index in [4.69, 9.17) is 9.47 Å². The maximum atomic E-state index is 11.9. The van der Waals surface area contributed by atoms with Crippen molar-refractivity contribution in [2.24, 2.45) is 5.92 Å². The first-order valence-electron chi connectivity index (χ1n) is 5.98. The van der Waals surface area contributed by atoms with Gasteiger partial charge in [-0.05, 0) is 27.2 Å². The Morgan fingerprint density at radius 2 is 2.12 bits per heavy atom. The molecule has 0 aromatic rings. The maximum Gasteiger partial charge on any atom is 0.410 e. The lowest BCUT2D eigenvalue weighted by molar-refractivity contribution is 0.0111. The molecule has 0 radical (unpaired) electrons. The van der Waals surface area contributed by atoms with Gasteiger partial charge in [0.1, 0.15) is 5.60 Å². The van der Waals surface area contributed by atoms with Crippen LogP contribution in [0.25, 0.3) is 0 Å². The van der Waals surface area contributed by atoms with Crippen LogP contribution in [0.2, 0.25) is 0 Å². The molecule has 0 bridgehead atoms. The van der Waals surface area contributed by atoms with E-state index in [1.807, 2.05) is 20.8 Å². The molecule has 5 nitrogen and oxygen atoms in total. The lowest BCUT2D eigenvalue weighted by Crippen LogP contribution is -2.43. The van der Waals surface area contributed by atoms with Gasteiger partial charge in [0.05, 0.1) is 19.3 Å². The average molecular weight is 245 g/mol. The number of methoxy groups -OCH3 is 1. The molecule has 1 rings (SSSR count). The zero-order valence-corrected chi connectivity index (χ0v) is 11.1. The molecule has 0 saturated carbocycles. The van der Waals surface area contributed by atoms with E-state index in [0.29, 0.717) is 13.2 Å². The van der Waals surface area contributed by atoms with E-state index < -0.39 is 5.60 Å². The number of aliphatic hydroxyl groups excluding tert-OH is 1. The van der Waals surface area contributed by atoms with Gasteiger partial charge in [-0.2, -0.15) is 0 Å². The van der Waals surface area contributed by atoms with Gasteiger partial charge in [0.25, 0.3) is 0 Å². The summed E-state index contributed by atoms with van der Waals surface area (Å²) in [5, 5.41) is 9.38. The second-order valence-corrected chi connectivity index (χ2v) is 5.43. The molecule has 1 fully saturated rings. The topological polar surface area (TPSA) is 59.0 Å². The third kappa shape index (κ3) is 3.85. The first-order chi connectivity index (χ1) is 7.89. The van der Waals surface area contributed by atoms with Gasteiger partial charge in [-0.25, -0.2) is 4.79 Å². The molecular weight excluding hydrogens is 222 g/mol. The van der Waals surface area contributed by atoms with Gasteiger partial charge in [0.2, 0.25) is 0 Å². The highest BCUT2D eigenvalue weighted by Crippen LogP contribution is 2.26. The number of hydrogen-bond donors (Lipinski definition) is 1. The van der Waals surface area contributed by atoms with Crippen LogP contribution in [0.4, 0.5) is 4.79 Å². The van der Waals surface area contributed by atoms with Crippen molar-refractivity contribution >= 4 is 6.09 Å². The SMILES string of the molecule is COC[C@H]1CCN(C(=O)OC(C)(C)C)[C@H]1CO. The monoisotopic (exact) mass is 245 g/mol. The van der Waals surface area contributed by atoms with Crippen LogP contribution in [-0.4, -0.2) is 54.6 Å². The molecule has 5 heteroatoms. The fourth-order valence-electron chi connectivity index (χ4n) is 2.12. The van der Waals surface area contributed by atoms with E-state index in [2.05, 4.69) is 0 Å². The predicted molar refractivity (Wildman–Crippen MR) is 63.8 cm³/mol. The summed E-state index contributed by atoms with van der Waals surface area (Å²) in [7, 11) is 1.63. The van der Waals surface area contributed by atoms with E-state index in [1.54, 1.807) is 12.0 Å². The van der Waals surface area contributed by atoms with Crippen molar-refractivity contribution in [2.45, 2.75) is 38.8 Å². The van der Waals surface area contributed by atoms with Crippen molar-refractivity contribution in [1.29, 1.82) is 0 Å². The zero-order valence-electron chi connectivity index (χ0n) is 11.1. The van der Waals surface area contributed by atoms with E-state index in [1.165, 1.54) is 0 Å². The van der Waals surface area contributed by atoms with Crippen LogP contribution in [0.5, 0.6) is 0 Å². The van der Waals surface area contributed by atoms with Crippen LogP contribution in [0.3, 0.4) is 0 Å². The number of ether oxygens (including phenoxy) is 2. The summed E-state index contributed by atoms with van der Waals surface area (Å²) in [6, 6.07) is -0.190. The van der Waals surface area contributed by atoms with Crippen LogP contribution >= 0.6 is 0 Å². The predicted octanol–water partition coefficient (Wildman–Crippen LogP) is 1.25. The Morgan fingerprint density at radius 1 is 1.47 bits per heavy atom. The van der Waals surface area contributed by atoms with Crippen molar-refractivity contribution in [1.82, 2.24) is 4.90 Å². The second kappa shape index (κ2) is 5.69. The molecule has 0 aliphatic carbocycles. The van der Waals surface area contributed by atoms with Crippen molar-refractivity contribution in [2.75, 3.05) is 26.9 Å². The number of rotatable bonds is 3. The summed E-state index contributed by atoms with van der Waals surface area (Å²) in [5.74, 6) is 0.192. The van der Waals surface area contributed by atoms with Crippen molar-refractivity contribution in [3.8, 4) is 0 Å². The molecule has 1 N–H and O–H groups in total. The summed E-state index contributed by atoms with van der Waals surface area (Å²) in [5.41, 5.74) is -0.504. The molecule has 0 aromatic carbocycles. The summed E-state index contributed by atoms with van der Waals surface area (Å²) < 4.78 is 10.4. The Labute approximate surface area is 103 Å². The summed E-state index contributed by atoms with van der Waals surface area (Å²) in [4.78, 5) is 13.5. The van der Waals surface area contributed by atoms with Crippen LogP contribution < -0.4 is 0 Å². The third-order valence-electron chi connectivity index (χ3n) is 2.88. The number of likely N-dealkylation sites (tertiary alicyclic amines) is 1. The molecule has 0 aromatic heterocycles. The molecule has 1 aliphatic heterocycles. The Morgan fingerprint density at radius 3 is 2.59 bits per heavy atom. The molecule has 1 saturated heterocycles. The molecule has 1 heterocycles. The minimum atomic E-state index is -0.504. The summed E-state index contributed by atoms with van der Waals surface area (Å²) in [6.45, 7) is 6.64. The highest BCUT2D eigenvalue weighted by Gasteiger charge is 2.38. The number of nitrogens with zero attached hydrogens (tertiary/aromatic N) is 1. The standard InChI is InChI=1S/C12H23NO4/c1-12(2,3)17-11(15)13-6-5-9(8-16-4)10(13)7-14/h9-10,14H,5-8H2,1-4H3/t9-,10+/m1/s1. The summed E-state index contributed by atoms with van der Waals surface area (Å²) >= 11 is 0. The van der Waals surface area contributed by atoms with E-state index in [0.717, 1.165) is 6.42 Å². The number of aliphatic hydroxyl groups is 1. The fourth-order valence-corrected chi connectivity index (χ4v) is 2.12. The molecule has 1 aliphatic rings. The van der Waals surface area contributed by atoms with Gasteiger partial charge in [0, 0.05) is 19.6 Å². The Balaban J connectivity index is 2.62. The van der Waals surface area contributed by atoms with Gasteiger partial charge in [0.15, 0.2) is 0 Å². The number of carbonyl (C=O) groups is 1. The van der Waals surface area contributed by atoms with Gasteiger partial charge < -0.3 is 19.5 Å². The third-order valence-corrected chi connectivity index (χ3v) is 2.88. The average Bonchev–Trinajstić information content (AvgIpc) is 2.58. The number of hydrogen-bond acceptors (Lipinski definition) is 4. The number of amides is 1. The Bertz CT molecular complexity index is 262. The normalized spacial score (nSPS) is 25.1. The molecule has 0 unspecified atom stereocenters. The molecule has 1 amide bonds. The molecular formula is C12H23NO4. The van der Waals surface area contributed by atoms with Crippen molar-refractivity contribution < 1.29 is 19.4 Å². The second-order valence-electron chi connectivity index (χ2n) is 5.43. The zero-order chi connectivity index (χ0) is 13.1. The van der Waals surface area contributed by atoms with Crippen LogP contribution in [0.1, 0.15) is 27.2 Å². The van der Waals surface area contributed by atoms with Crippen LogP contribution in [0.15, 0.2) is 0 Å². The van der Waals surface area contributed by atoms with Crippen LogP contribution in [0, 0.1) is 5.92 Å². The number of carbonyl (C=O) groups excluding carboxylic acids is 1. The van der Waals surface area contributed by atoms with Crippen molar-refractivity contribution in [3.63, 3.8) is 0 Å². The highest BCUT2D eigenvalue weighted by molar-refractivity contribution is 5.69. The first kappa shape index (κ1) is 14.3. The highest BCUT2D eigenvalue weighted by atomic mass is 16.6. The maximum absolute atomic E-state index is 11.9. The Hall–Kier alpha value is -0.810. The molecule has 17 heavy (non-hydrogen) atoms. The van der Waals surface area contributed by atoms with Crippen LogP contribution in [-0.2, 0) is 9.47 Å². The Kier molecular flexibility index (Phi) is 4.77. The van der Waals surface area contributed by atoms with Gasteiger partial charge >= 0.3 is 6.09 Å². The van der Waals surface area contributed by atoms with Gasteiger partial charge in [-0.1, -0.05) is 0 Å². The fraction of sp³-hybridized carbons (Fsp3) is 0.917. The quantitative estimate of drug-likeness (QED) is 0.813. The minimum Gasteiger partial charge on any atom is -0.444 e. The summed E-state index contributed by atoms with van der Waals surface area (Å²) in [6.07, 6.45) is 0.494. The smallest absolute Gasteiger partial charge is 0.410 e. The lowest BCUT2D eigenvalue weighted by Gasteiger charge is -2.29. The first-order valence-corrected chi connectivity index (χ1v) is 5.98. The largest absolute Gasteiger partial charge is 0.444 e. The van der Waals surface area contributed by atoms with E-state index in [9.17, 15) is 9.90 Å². The molecule has 2 atom stereocenters. The van der Waals surface area contributed by atoms with E-state index >= 15 is 0 Å². The van der Waals surface area contributed by atoms with E-state index in [-0.39, 0.29) is 24.7 Å². The van der Waals surface area contributed by atoms with Gasteiger partial charge in [-0.3, -0.25) is 0 Å². The molecule has 0 spiro atoms. The minimum absolute atomic E-state index is 0.0483. The van der Waals surface area contributed by atoms with Gasteiger partial charge in [-0.15, -0.1) is 0 Å².